The van der Waals surface area contributed by atoms with Crippen molar-refractivity contribution in [1.29, 1.82) is 0 Å². The number of rotatable bonds is 4. The van der Waals surface area contributed by atoms with Gasteiger partial charge in [-0.25, -0.2) is 0 Å². The first kappa shape index (κ1) is 12.7. The maximum Gasteiger partial charge on any atom is 0.135 e. The molecule has 18 heavy (non-hydrogen) atoms. The van der Waals surface area contributed by atoms with Crippen LogP contribution in [0.3, 0.4) is 0 Å². The highest BCUT2D eigenvalue weighted by Gasteiger charge is 2.07. The van der Waals surface area contributed by atoms with Crippen molar-refractivity contribution in [3.05, 3.63) is 59.0 Å². The molecule has 0 radical (unpaired) electrons. The highest BCUT2D eigenvalue weighted by Crippen LogP contribution is 2.28. The number of hydrogen-bond acceptors (Lipinski definition) is 2. The van der Waals surface area contributed by atoms with Crippen LogP contribution in [0.25, 0.3) is 0 Å². The number of nitrogens with two attached hydrogens (primary N) is 1. The first-order chi connectivity index (χ1) is 8.85. The average molecular weight is 241 g/mol. The molecule has 2 heteroatoms. The van der Waals surface area contributed by atoms with E-state index in [-0.39, 0.29) is 0 Å². The molecular formula is C16H19NO. The zero-order valence-electron chi connectivity index (χ0n) is 10.7. The predicted octanol–water partition coefficient (Wildman–Crippen LogP) is 3.82. The Morgan fingerprint density at radius 1 is 1.06 bits per heavy atom. The second-order valence-corrected chi connectivity index (χ2v) is 4.27. The van der Waals surface area contributed by atoms with Crippen LogP contribution < -0.4 is 10.5 Å². The van der Waals surface area contributed by atoms with E-state index < -0.39 is 0 Å². The van der Waals surface area contributed by atoms with E-state index in [9.17, 15) is 0 Å². The van der Waals surface area contributed by atoms with E-state index in [0.29, 0.717) is 0 Å². The fraction of sp³-hybridized carbons (Fsp3) is 0.250. The number of para-hydroxylation sites is 1. The Morgan fingerprint density at radius 3 is 2.22 bits per heavy atom. The second kappa shape index (κ2) is 6.22. The van der Waals surface area contributed by atoms with Gasteiger partial charge in [0.05, 0.1) is 0 Å². The van der Waals surface area contributed by atoms with Crippen LogP contribution in [-0.2, 0) is 0 Å². The summed E-state index contributed by atoms with van der Waals surface area (Å²) in [5.74, 6) is 1.89. The number of hydrogen-bond donors (Lipinski definition) is 1. The Labute approximate surface area is 108 Å². The summed E-state index contributed by atoms with van der Waals surface area (Å²) in [5.41, 5.74) is 5.14. The van der Waals surface area contributed by atoms with E-state index in [0.717, 1.165) is 18.0 Å². The fourth-order valence-corrected chi connectivity index (χ4v) is 1.66. The Kier molecular flexibility index (Phi) is 4.37. The largest absolute Gasteiger partial charge is 0.457 e. The summed E-state index contributed by atoms with van der Waals surface area (Å²) in [6.45, 7) is 2.98. The standard InChI is InChI=1S/C12H8O.C4H11N/c1-2-4-10(5-3-1)13-12-8-9-6-7-11(9)12;1-2-3-4-5/h1-8H;2-5H2,1H3. The van der Waals surface area contributed by atoms with Crippen LogP contribution in [0, 0.1) is 10.4 Å². The van der Waals surface area contributed by atoms with Crippen molar-refractivity contribution in [2.75, 3.05) is 6.54 Å². The van der Waals surface area contributed by atoms with Crippen LogP contribution in [0.5, 0.6) is 11.5 Å². The van der Waals surface area contributed by atoms with Crippen LogP contribution in [0.1, 0.15) is 19.8 Å². The third-order valence-electron chi connectivity index (χ3n) is 2.82. The molecule has 2 aliphatic carbocycles. The Morgan fingerprint density at radius 2 is 1.83 bits per heavy atom. The molecule has 2 N–H and O–H groups in total. The van der Waals surface area contributed by atoms with Crippen molar-refractivity contribution in [1.82, 2.24) is 0 Å². The molecule has 0 amide bonds. The summed E-state index contributed by atoms with van der Waals surface area (Å²) in [6, 6.07) is 16.1. The molecule has 0 heterocycles. The van der Waals surface area contributed by atoms with Crippen LogP contribution in [0.4, 0.5) is 0 Å². The molecule has 1 aromatic rings. The van der Waals surface area contributed by atoms with Gasteiger partial charge in [-0.1, -0.05) is 43.7 Å². The van der Waals surface area contributed by atoms with Gasteiger partial charge >= 0.3 is 0 Å². The van der Waals surface area contributed by atoms with Crippen molar-refractivity contribution in [2.24, 2.45) is 5.73 Å². The lowest BCUT2D eigenvalue weighted by Crippen LogP contribution is -1.95. The maximum absolute atomic E-state index is 5.64. The molecule has 1 aromatic carbocycles. The zero-order valence-corrected chi connectivity index (χ0v) is 10.7. The monoisotopic (exact) mass is 241 g/mol. The molecule has 2 aliphatic rings. The Bertz CT molecular complexity index is 576. The molecule has 0 unspecified atom stereocenters. The van der Waals surface area contributed by atoms with E-state index in [1.165, 1.54) is 23.3 Å². The minimum Gasteiger partial charge on any atom is -0.457 e. The van der Waals surface area contributed by atoms with Crippen molar-refractivity contribution in [2.45, 2.75) is 19.8 Å². The summed E-state index contributed by atoms with van der Waals surface area (Å²) in [5, 5.41) is 2.56. The van der Waals surface area contributed by atoms with Gasteiger partial charge in [0.1, 0.15) is 11.5 Å². The van der Waals surface area contributed by atoms with Crippen molar-refractivity contribution in [3.8, 4) is 11.5 Å². The molecule has 0 aliphatic heterocycles. The molecule has 2 nitrogen and oxygen atoms in total. The zero-order chi connectivity index (χ0) is 12.8. The van der Waals surface area contributed by atoms with Crippen molar-refractivity contribution < 1.29 is 4.74 Å². The summed E-state index contributed by atoms with van der Waals surface area (Å²) in [7, 11) is 0. The third kappa shape index (κ3) is 2.90. The van der Waals surface area contributed by atoms with Crippen LogP contribution in [-0.4, -0.2) is 6.54 Å². The maximum atomic E-state index is 5.64. The molecule has 0 saturated heterocycles. The fourth-order valence-electron chi connectivity index (χ4n) is 1.66. The van der Waals surface area contributed by atoms with Crippen LogP contribution >= 0.6 is 0 Å². The first-order valence-electron chi connectivity index (χ1n) is 6.42. The van der Waals surface area contributed by atoms with Crippen LogP contribution in [0.2, 0.25) is 0 Å². The van der Waals surface area contributed by atoms with Gasteiger partial charge in [0, 0.05) is 5.22 Å². The lowest BCUT2D eigenvalue weighted by atomic mass is 10.1. The SMILES string of the molecule is CCCCN.c1ccc(Oc2cc3ccc2=3)cc1. The topological polar surface area (TPSA) is 35.2 Å². The van der Waals surface area contributed by atoms with E-state index in [4.69, 9.17) is 10.5 Å². The molecular weight excluding hydrogens is 222 g/mol. The van der Waals surface area contributed by atoms with Crippen molar-refractivity contribution >= 4 is 0 Å². The van der Waals surface area contributed by atoms with E-state index >= 15 is 0 Å². The van der Waals surface area contributed by atoms with Gasteiger partial charge in [0.2, 0.25) is 0 Å². The van der Waals surface area contributed by atoms with E-state index in [2.05, 4.69) is 25.1 Å². The second-order valence-electron chi connectivity index (χ2n) is 4.27. The normalized spacial score (nSPS) is 10.3. The Hall–Kier alpha value is -1.80. The van der Waals surface area contributed by atoms with E-state index in [1.54, 1.807) is 0 Å². The quantitative estimate of drug-likeness (QED) is 0.753. The molecule has 94 valence electrons. The highest BCUT2D eigenvalue weighted by molar-refractivity contribution is 5.41. The number of unbranched alkanes of at least 4 members (excludes halogenated alkanes) is 1. The van der Waals surface area contributed by atoms with Gasteiger partial charge in [-0.3, -0.25) is 0 Å². The van der Waals surface area contributed by atoms with Gasteiger partial charge in [-0.05, 0) is 36.4 Å². The predicted molar refractivity (Wildman–Crippen MR) is 74.6 cm³/mol. The number of ether oxygens (including phenoxy) is 1. The lowest BCUT2D eigenvalue weighted by molar-refractivity contribution is 0.473. The third-order valence-corrected chi connectivity index (χ3v) is 2.82. The molecule has 0 fully saturated rings. The Balaban J connectivity index is 0.000000209. The minimum atomic E-state index is 0.844. The van der Waals surface area contributed by atoms with Crippen molar-refractivity contribution in [3.63, 3.8) is 0 Å². The smallest absolute Gasteiger partial charge is 0.135 e. The summed E-state index contributed by atoms with van der Waals surface area (Å²) in [6.07, 6.45) is 2.39. The summed E-state index contributed by atoms with van der Waals surface area (Å²) < 4.78 is 5.64. The van der Waals surface area contributed by atoms with Gasteiger partial charge < -0.3 is 10.5 Å². The molecule has 0 aromatic heterocycles. The first-order valence-corrected chi connectivity index (χ1v) is 6.42. The van der Waals surface area contributed by atoms with E-state index in [1.807, 2.05) is 30.3 Å². The molecule has 0 saturated carbocycles. The van der Waals surface area contributed by atoms with Gasteiger partial charge in [-0.15, -0.1) is 0 Å². The van der Waals surface area contributed by atoms with Gasteiger partial charge in [0.25, 0.3) is 0 Å². The molecule has 0 spiro atoms. The lowest BCUT2D eigenvalue weighted by Gasteiger charge is -2.12. The molecule has 0 bridgehead atoms. The average Bonchev–Trinajstić information content (AvgIpc) is 2.38. The molecule has 3 rings (SSSR count). The highest BCUT2D eigenvalue weighted by atomic mass is 16.5. The number of benzene rings is 2. The minimum absolute atomic E-state index is 0.844. The summed E-state index contributed by atoms with van der Waals surface area (Å²) >= 11 is 0. The summed E-state index contributed by atoms with van der Waals surface area (Å²) in [4.78, 5) is 0. The molecule has 0 atom stereocenters. The van der Waals surface area contributed by atoms with Gasteiger partial charge in [0.15, 0.2) is 0 Å². The van der Waals surface area contributed by atoms with Gasteiger partial charge in [-0.2, -0.15) is 0 Å². The van der Waals surface area contributed by atoms with Crippen LogP contribution in [0.15, 0.2) is 48.5 Å².